The second-order valence-electron chi connectivity index (χ2n) is 34.8. The molecule has 37 heteroatoms. The van der Waals surface area contributed by atoms with Crippen LogP contribution < -0.4 is 81.8 Å². The molecule has 131 heavy (non-hydrogen) atoms. The van der Waals surface area contributed by atoms with Crippen LogP contribution in [0.4, 0.5) is 0 Å². The summed E-state index contributed by atoms with van der Waals surface area (Å²) in [6, 6.07) is 21.8. The number of amides is 12. The number of H-pyrrole nitrogens is 5. The molecule has 3 saturated heterocycles. The molecule has 13 rings (SSSR count). The number of likely N-dealkylation sites (tertiary alicyclic amines) is 3. The van der Waals surface area contributed by atoms with E-state index in [-0.39, 0.29) is 134 Å². The molecular weight excluding hydrogens is 1670 g/mol. The fraction of sp³-hybridized carbons (Fsp3) is 0.426. The third-order valence-corrected chi connectivity index (χ3v) is 25.0. The Labute approximate surface area is 757 Å². The molecule has 3 fully saturated rings. The van der Waals surface area contributed by atoms with Gasteiger partial charge in [0.05, 0.1) is 6.04 Å². The Morgan fingerprint density at radius 1 is 0.366 bits per heavy atom. The molecule has 12 atom stereocenters. The maximum atomic E-state index is 16.0. The van der Waals surface area contributed by atoms with Gasteiger partial charge in [-0.2, -0.15) is 0 Å². The summed E-state index contributed by atoms with van der Waals surface area (Å²) >= 11 is 0. The number of fused-ring (bicyclic) bond motifs is 5. The smallest absolute Gasteiger partial charge is 0.246 e. The first-order chi connectivity index (χ1) is 63.2. The number of guanidine groups is 2. The second-order valence-corrected chi connectivity index (χ2v) is 34.8. The number of rotatable bonds is 44. The van der Waals surface area contributed by atoms with E-state index in [4.69, 9.17) is 39.5 Å². The zero-order valence-electron chi connectivity index (χ0n) is 73.7. The number of unbranched alkanes of at least 4 members (excludes halogenated alkanes) is 1. The molecule has 0 radical (unpaired) electrons. The molecule has 37 nitrogen and oxygen atoms in total. The van der Waals surface area contributed by atoms with Gasteiger partial charge >= 0.3 is 0 Å². The Bertz CT molecular complexity index is 5790. The highest BCUT2D eigenvalue weighted by Gasteiger charge is 2.45. The summed E-state index contributed by atoms with van der Waals surface area (Å²) in [5, 5.41) is 47.8. The number of carbonyl (C=O) groups excluding carboxylic acids is 12. The number of primary amides is 1. The summed E-state index contributed by atoms with van der Waals surface area (Å²) in [5.74, 6) is -8.96. The van der Waals surface area contributed by atoms with Gasteiger partial charge in [-0.25, -0.2) is 0 Å². The molecule has 0 unspecified atom stereocenters. The molecule has 10 aromatic rings. The number of benzene rings is 5. The summed E-state index contributed by atoms with van der Waals surface area (Å²) in [7, 11) is 0. The molecule has 694 valence electrons. The molecule has 0 bridgehead atoms. The van der Waals surface area contributed by atoms with Crippen LogP contribution in [0.5, 0.6) is 0 Å². The molecule has 5 aromatic heterocycles. The number of nitrogens with zero attached hydrogens (tertiary/aromatic N) is 3. The Morgan fingerprint density at radius 3 is 0.947 bits per heavy atom. The van der Waals surface area contributed by atoms with E-state index in [1.807, 2.05) is 135 Å². The van der Waals surface area contributed by atoms with Crippen LogP contribution >= 0.6 is 0 Å². The van der Waals surface area contributed by atoms with Gasteiger partial charge in [0, 0.05) is 150 Å². The zero-order chi connectivity index (χ0) is 92.9. The molecule has 0 aliphatic carbocycles. The van der Waals surface area contributed by atoms with Crippen molar-refractivity contribution in [1.29, 1.82) is 10.8 Å². The van der Waals surface area contributed by atoms with E-state index >= 15 is 38.4 Å². The van der Waals surface area contributed by atoms with Crippen LogP contribution in [-0.4, -0.2) is 234 Å². The van der Waals surface area contributed by atoms with Crippen molar-refractivity contribution in [3.05, 3.63) is 180 Å². The van der Waals surface area contributed by atoms with Crippen molar-refractivity contribution in [1.82, 2.24) is 92.8 Å². The lowest BCUT2D eigenvalue weighted by molar-refractivity contribution is -0.143. The van der Waals surface area contributed by atoms with Crippen LogP contribution in [0.25, 0.3) is 54.5 Å². The number of nitrogens with one attached hydrogen (secondary N) is 17. The lowest BCUT2D eigenvalue weighted by Gasteiger charge is -2.32. The SMILES string of the molecule is CC(C)C[C@H](N)C(=O)N1CCC[C@H]1C(=O)N[C@@H](Cc1c[nH]c2ccccc12)C(=O)N[C@@H](CCCCN)C(=O)N[C@@H](Cc1c[nH]c2ccccc12)C(=O)N1CCC[C@H]1C(=O)N[C@@H](Cc1c[nH]c2ccccc12)C(=O)N[C@@H](Cc1c[nH]c2ccccc12)C(=O)N1CCC[C@H]1C(=O)N[C@@H](Cc1c[nH]c2ccccc12)C(=O)N[C@@H](CCCNC(=N)N)C(=O)N[C@@H](CCCNC(=N)N)C(N)=O. The predicted molar refractivity (Wildman–Crippen MR) is 497 cm³/mol. The minimum atomic E-state index is -1.47. The van der Waals surface area contributed by atoms with Crippen LogP contribution in [0.2, 0.25) is 0 Å². The molecule has 0 spiro atoms. The summed E-state index contributed by atoms with van der Waals surface area (Å²) in [4.78, 5) is 201. The third kappa shape index (κ3) is 23.9. The molecule has 0 saturated carbocycles. The Hall–Kier alpha value is -14.1. The van der Waals surface area contributed by atoms with E-state index in [0.717, 1.165) is 54.5 Å². The first kappa shape index (κ1) is 94.5. The highest BCUT2D eigenvalue weighted by molar-refractivity contribution is 6.02. The summed E-state index contributed by atoms with van der Waals surface area (Å²) in [6.07, 6.45) is 11.5. The number of hydrogen-bond donors (Lipinski definition) is 22. The molecule has 5 aromatic carbocycles. The van der Waals surface area contributed by atoms with Gasteiger partial charge in [-0.3, -0.25) is 68.4 Å². The summed E-state index contributed by atoms with van der Waals surface area (Å²) in [5.41, 5.74) is 36.2. The molecule has 8 heterocycles. The van der Waals surface area contributed by atoms with Crippen molar-refractivity contribution >= 4 is 137 Å². The van der Waals surface area contributed by atoms with E-state index in [9.17, 15) is 19.2 Å². The first-order valence-electron chi connectivity index (χ1n) is 45.2. The number of hydrogen-bond acceptors (Lipinski definition) is 16. The van der Waals surface area contributed by atoms with Gasteiger partial charge in [-0.1, -0.05) is 105 Å². The summed E-state index contributed by atoms with van der Waals surface area (Å²) < 4.78 is 0. The highest BCUT2D eigenvalue weighted by atomic mass is 16.2. The maximum absolute atomic E-state index is 16.0. The van der Waals surface area contributed by atoms with Gasteiger partial charge in [0.25, 0.3) is 0 Å². The van der Waals surface area contributed by atoms with Crippen molar-refractivity contribution in [2.24, 2.45) is 34.6 Å². The quantitative estimate of drug-likeness (QED) is 0.0148. The van der Waals surface area contributed by atoms with Gasteiger partial charge in [-0.15, -0.1) is 0 Å². The Kier molecular flexibility index (Phi) is 31.9. The molecule has 12 amide bonds. The van der Waals surface area contributed by atoms with E-state index in [1.165, 1.54) is 14.7 Å². The lowest BCUT2D eigenvalue weighted by atomic mass is 10.00. The average molecular weight is 1790 g/mol. The average Bonchev–Trinajstić information content (AvgIpc) is 1.68. The van der Waals surface area contributed by atoms with Crippen LogP contribution in [0.1, 0.15) is 132 Å². The predicted octanol–water partition coefficient (Wildman–Crippen LogP) is 2.97. The monoisotopic (exact) mass is 1790 g/mol. The molecule has 3 aliphatic rings. The Morgan fingerprint density at radius 2 is 0.641 bits per heavy atom. The molecule has 27 N–H and O–H groups in total. The van der Waals surface area contributed by atoms with Crippen molar-refractivity contribution in [2.75, 3.05) is 39.3 Å². The number of carbonyl (C=O) groups is 12. The van der Waals surface area contributed by atoms with Crippen molar-refractivity contribution in [3.8, 4) is 0 Å². The third-order valence-electron chi connectivity index (χ3n) is 25.0. The number of aromatic amines is 5. The van der Waals surface area contributed by atoms with E-state index in [2.05, 4.69) is 78.1 Å². The fourth-order valence-electron chi connectivity index (χ4n) is 18.3. The van der Waals surface area contributed by atoms with Crippen molar-refractivity contribution in [2.45, 2.75) is 208 Å². The standard InChI is InChI=1S/C94H121N25O12/c1-53(2)42-64(96)90(129)117-39-17-33-78(117)87(126)112-73(43-54-48-104-65-25-8-3-20-59(54)65)84(123)110-71(30-13-14-36-95)83(122)115-76(46-57-51-107-68-28-11-6-23-62(57)68)91(130)118-40-18-35-80(118)89(128)114-75(45-56-50-106-67-27-10-5-22-61(56)67)86(125)116-77(47-58-52-108-69-29-12-7-24-63(58)69)92(131)119-41-19-34-79(119)88(127)113-74(44-55-49-105-66-26-9-4-21-60(55)66)85(124)111-72(32-16-38-103-94(100)101)82(121)109-70(81(97)120)31-15-37-102-93(98)99/h3-12,20-29,48-53,64,70-80,104-108H,13-19,30-47,95-96H2,1-2H3,(H2,97,120)(H,109,121)(H,110,123)(H,111,124)(H,112,126)(H,113,127)(H,114,128)(H,115,122)(H,116,125)(H4,98,99,102)(H4,100,101,103)/t64-,70-,71-,72-,73-,74-,75-,76-,77-,78-,79-,80-/m0/s1. The van der Waals surface area contributed by atoms with E-state index in [1.54, 1.807) is 31.0 Å². The normalized spacial score (nSPS) is 17.1. The fourth-order valence-corrected chi connectivity index (χ4v) is 18.3. The second kappa shape index (κ2) is 44.3. The molecular formula is C94H121N25O12. The van der Waals surface area contributed by atoms with Gasteiger partial charge in [0.2, 0.25) is 70.9 Å². The number of nitrogens with two attached hydrogens (primary N) is 5. The number of aromatic nitrogens is 5. The minimum absolute atomic E-state index is 0.0254. The first-order valence-corrected chi connectivity index (χ1v) is 45.2. The summed E-state index contributed by atoms with van der Waals surface area (Å²) in [6.45, 7) is 4.83. The largest absolute Gasteiger partial charge is 0.370 e. The van der Waals surface area contributed by atoms with Crippen molar-refractivity contribution < 1.29 is 57.5 Å². The number of para-hydroxylation sites is 5. The van der Waals surface area contributed by atoms with E-state index in [0.29, 0.717) is 79.3 Å². The van der Waals surface area contributed by atoms with Crippen LogP contribution in [0.3, 0.4) is 0 Å². The Balaban J connectivity index is 0.773. The van der Waals surface area contributed by atoms with Crippen LogP contribution in [-0.2, 0) is 89.6 Å². The lowest BCUT2D eigenvalue weighted by Crippen LogP contribution is -2.61. The van der Waals surface area contributed by atoms with E-state index < -0.39 is 137 Å². The van der Waals surface area contributed by atoms with Crippen LogP contribution in [0.15, 0.2) is 152 Å². The van der Waals surface area contributed by atoms with Gasteiger partial charge in [-0.05, 0) is 161 Å². The molecule has 3 aliphatic heterocycles. The minimum Gasteiger partial charge on any atom is -0.370 e. The van der Waals surface area contributed by atoms with Gasteiger partial charge in [0.1, 0.15) is 66.5 Å². The van der Waals surface area contributed by atoms with Gasteiger partial charge in [0.15, 0.2) is 11.9 Å². The van der Waals surface area contributed by atoms with Crippen LogP contribution in [0, 0.1) is 16.7 Å². The van der Waals surface area contributed by atoms with Crippen molar-refractivity contribution in [3.63, 3.8) is 0 Å². The maximum Gasteiger partial charge on any atom is 0.246 e. The van der Waals surface area contributed by atoms with Gasteiger partial charge < -0.3 is 121 Å². The highest BCUT2D eigenvalue weighted by Crippen LogP contribution is 2.30. The topological polar surface area (TPSA) is 592 Å². The zero-order valence-corrected chi connectivity index (χ0v) is 73.7.